The third-order valence-electron chi connectivity index (χ3n) is 4.73. The molecule has 142 valence electrons. The van der Waals surface area contributed by atoms with Gasteiger partial charge in [0.05, 0.1) is 11.1 Å². The van der Waals surface area contributed by atoms with Crippen molar-refractivity contribution >= 4 is 0 Å². The standard InChI is InChI=1S/C17H22F6N2/c1-3-11(2)15(25-8-6-24-7-9-25)13-5-4-12(16(18,19)20)10-14(13)17(21,22)23/h4-5,10-11,15,24H,3,6-9H2,1-2H3/t11?,15-/m1/s1. The van der Waals surface area contributed by atoms with Gasteiger partial charge in [-0.25, -0.2) is 0 Å². The first kappa shape index (κ1) is 20.0. The van der Waals surface area contributed by atoms with Crippen LogP contribution in [0.2, 0.25) is 0 Å². The Morgan fingerprint density at radius 2 is 1.64 bits per heavy atom. The first-order valence-corrected chi connectivity index (χ1v) is 8.28. The Hall–Kier alpha value is -1.28. The minimum Gasteiger partial charge on any atom is -0.314 e. The number of piperazine rings is 1. The van der Waals surface area contributed by atoms with E-state index in [4.69, 9.17) is 0 Å². The molecule has 1 unspecified atom stereocenters. The van der Waals surface area contributed by atoms with Gasteiger partial charge < -0.3 is 5.32 Å². The summed E-state index contributed by atoms with van der Waals surface area (Å²) < 4.78 is 79.2. The largest absolute Gasteiger partial charge is 0.416 e. The highest BCUT2D eigenvalue weighted by Crippen LogP contribution is 2.42. The number of benzene rings is 1. The summed E-state index contributed by atoms with van der Waals surface area (Å²) in [6.07, 6.45) is -9.01. The van der Waals surface area contributed by atoms with E-state index >= 15 is 0 Å². The molecule has 1 saturated heterocycles. The van der Waals surface area contributed by atoms with Crippen LogP contribution in [0.5, 0.6) is 0 Å². The second kappa shape index (κ2) is 7.53. The minimum absolute atomic E-state index is 0.0725. The van der Waals surface area contributed by atoms with E-state index in [0.29, 0.717) is 32.6 Å². The van der Waals surface area contributed by atoms with Crippen molar-refractivity contribution in [1.29, 1.82) is 0 Å². The summed E-state index contributed by atoms with van der Waals surface area (Å²) in [6, 6.07) is 1.44. The molecule has 1 fully saturated rings. The van der Waals surface area contributed by atoms with Gasteiger partial charge in [0.25, 0.3) is 0 Å². The van der Waals surface area contributed by atoms with E-state index in [2.05, 4.69) is 5.32 Å². The highest BCUT2D eigenvalue weighted by molar-refractivity contribution is 5.38. The van der Waals surface area contributed by atoms with Crippen LogP contribution in [0.25, 0.3) is 0 Å². The SMILES string of the molecule is CCC(C)[C@H](c1ccc(C(F)(F)F)cc1C(F)(F)F)N1CCNCC1. The number of halogens is 6. The molecule has 1 N–H and O–H groups in total. The molecule has 0 amide bonds. The first-order valence-electron chi connectivity index (χ1n) is 8.28. The quantitative estimate of drug-likeness (QED) is 0.774. The summed E-state index contributed by atoms with van der Waals surface area (Å²) in [4.78, 5) is 1.93. The molecule has 8 heteroatoms. The summed E-state index contributed by atoms with van der Waals surface area (Å²) >= 11 is 0. The number of hydrogen-bond acceptors (Lipinski definition) is 2. The Balaban J connectivity index is 2.55. The van der Waals surface area contributed by atoms with Gasteiger partial charge in [-0.3, -0.25) is 4.90 Å². The van der Waals surface area contributed by atoms with Crippen LogP contribution in [0.1, 0.15) is 43.0 Å². The summed E-state index contributed by atoms with van der Waals surface area (Å²) in [7, 11) is 0. The van der Waals surface area contributed by atoms with Crippen molar-refractivity contribution in [3.05, 3.63) is 34.9 Å². The van der Waals surface area contributed by atoms with Gasteiger partial charge in [-0.1, -0.05) is 26.3 Å². The predicted octanol–water partition coefficient (Wildman–Crippen LogP) is 4.72. The normalized spacial score (nSPS) is 19.7. The number of rotatable bonds is 4. The lowest BCUT2D eigenvalue weighted by Crippen LogP contribution is -2.47. The number of hydrogen-bond donors (Lipinski definition) is 1. The maximum absolute atomic E-state index is 13.5. The van der Waals surface area contributed by atoms with Crippen molar-refractivity contribution in [1.82, 2.24) is 10.2 Å². The fraction of sp³-hybridized carbons (Fsp3) is 0.647. The number of alkyl halides is 6. The summed E-state index contributed by atoms with van der Waals surface area (Å²) in [5.74, 6) is -0.115. The Morgan fingerprint density at radius 1 is 1.04 bits per heavy atom. The number of nitrogens with zero attached hydrogens (tertiary/aromatic N) is 1. The van der Waals surface area contributed by atoms with Gasteiger partial charge in [-0.05, 0) is 23.6 Å². The summed E-state index contributed by atoms with van der Waals surface area (Å²) in [5.41, 5.74) is -2.53. The molecule has 0 spiro atoms. The molecule has 0 bridgehead atoms. The van der Waals surface area contributed by atoms with E-state index in [9.17, 15) is 26.3 Å². The van der Waals surface area contributed by atoms with Crippen molar-refractivity contribution in [3.8, 4) is 0 Å². The van der Waals surface area contributed by atoms with Gasteiger partial charge in [-0.15, -0.1) is 0 Å². The van der Waals surface area contributed by atoms with Crippen LogP contribution in [-0.4, -0.2) is 31.1 Å². The predicted molar refractivity (Wildman–Crippen MR) is 83.1 cm³/mol. The third-order valence-corrected chi connectivity index (χ3v) is 4.73. The molecule has 2 rings (SSSR count). The van der Waals surface area contributed by atoms with Crippen LogP contribution >= 0.6 is 0 Å². The van der Waals surface area contributed by atoms with Crippen molar-refractivity contribution in [2.45, 2.75) is 38.7 Å². The van der Waals surface area contributed by atoms with Crippen LogP contribution < -0.4 is 5.32 Å². The fourth-order valence-corrected chi connectivity index (χ4v) is 3.28. The van der Waals surface area contributed by atoms with Crippen LogP contribution in [0, 0.1) is 5.92 Å². The Morgan fingerprint density at radius 3 is 2.12 bits per heavy atom. The van der Waals surface area contributed by atoms with Crippen molar-refractivity contribution in [3.63, 3.8) is 0 Å². The lowest BCUT2D eigenvalue weighted by atomic mass is 9.86. The van der Waals surface area contributed by atoms with Gasteiger partial charge in [0.15, 0.2) is 0 Å². The van der Waals surface area contributed by atoms with Crippen molar-refractivity contribution < 1.29 is 26.3 Å². The maximum atomic E-state index is 13.5. The smallest absolute Gasteiger partial charge is 0.314 e. The van der Waals surface area contributed by atoms with Gasteiger partial charge in [-0.2, -0.15) is 26.3 Å². The highest BCUT2D eigenvalue weighted by Gasteiger charge is 2.41. The van der Waals surface area contributed by atoms with Crippen molar-refractivity contribution in [2.24, 2.45) is 5.92 Å². The molecule has 0 radical (unpaired) electrons. The molecule has 0 saturated carbocycles. The van der Waals surface area contributed by atoms with E-state index in [0.717, 1.165) is 12.1 Å². The van der Waals surface area contributed by atoms with Crippen LogP contribution in [-0.2, 0) is 12.4 Å². The average Bonchev–Trinajstić information content (AvgIpc) is 2.54. The monoisotopic (exact) mass is 368 g/mol. The Labute approximate surface area is 143 Å². The van der Waals surface area contributed by atoms with Crippen LogP contribution in [0.3, 0.4) is 0 Å². The second-order valence-electron chi connectivity index (χ2n) is 6.41. The van der Waals surface area contributed by atoms with Gasteiger partial charge in [0.1, 0.15) is 0 Å². The Bertz CT molecular complexity index is 575. The molecule has 2 atom stereocenters. The molecule has 1 aliphatic heterocycles. The zero-order chi connectivity index (χ0) is 18.8. The molecule has 2 nitrogen and oxygen atoms in total. The van der Waals surface area contributed by atoms with E-state index in [1.165, 1.54) is 0 Å². The first-order chi connectivity index (χ1) is 11.6. The van der Waals surface area contributed by atoms with Crippen molar-refractivity contribution in [2.75, 3.05) is 26.2 Å². The molecule has 0 aliphatic carbocycles. The molecule has 25 heavy (non-hydrogen) atoms. The lowest BCUT2D eigenvalue weighted by Gasteiger charge is -2.39. The second-order valence-corrected chi connectivity index (χ2v) is 6.41. The fourth-order valence-electron chi connectivity index (χ4n) is 3.28. The molecular formula is C17H22F6N2. The van der Waals surface area contributed by atoms with Crippen LogP contribution in [0.4, 0.5) is 26.3 Å². The van der Waals surface area contributed by atoms with Gasteiger partial charge in [0, 0.05) is 32.2 Å². The third kappa shape index (κ3) is 4.67. The van der Waals surface area contributed by atoms with E-state index < -0.39 is 29.5 Å². The Kier molecular flexibility index (Phi) is 6.04. The molecule has 1 aliphatic rings. The zero-order valence-corrected chi connectivity index (χ0v) is 14.1. The maximum Gasteiger partial charge on any atom is 0.416 e. The zero-order valence-electron chi connectivity index (χ0n) is 14.1. The topological polar surface area (TPSA) is 15.3 Å². The molecule has 1 aromatic carbocycles. The summed E-state index contributed by atoms with van der Waals surface area (Å²) in [6.45, 7) is 6.13. The molecular weight excluding hydrogens is 346 g/mol. The average molecular weight is 368 g/mol. The molecule has 1 aromatic rings. The number of nitrogens with one attached hydrogen (secondary N) is 1. The lowest BCUT2D eigenvalue weighted by molar-refractivity contribution is -0.144. The molecule has 0 aromatic heterocycles. The van der Waals surface area contributed by atoms with E-state index in [-0.39, 0.29) is 17.5 Å². The highest BCUT2D eigenvalue weighted by atomic mass is 19.4. The van der Waals surface area contributed by atoms with Gasteiger partial charge >= 0.3 is 12.4 Å². The molecule has 1 heterocycles. The summed E-state index contributed by atoms with van der Waals surface area (Å²) in [5, 5.41) is 3.14. The van der Waals surface area contributed by atoms with E-state index in [1.807, 2.05) is 18.7 Å². The van der Waals surface area contributed by atoms with Crippen LogP contribution in [0.15, 0.2) is 18.2 Å². The minimum atomic E-state index is -4.84. The van der Waals surface area contributed by atoms with E-state index in [1.54, 1.807) is 0 Å². The van der Waals surface area contributed by atoms with Gasteiger partial charge in [0.2, 0.25) is 0 Å².